The molecule has 2 amide bonds. The number of fused-ring (bicyclic) bond motifs is 5. The van der Waals surface area contributed by atoms with E-state index in [-0.39, 0.29) is 53.4 Å². The Hall–Kier alpha value is -3.06. The summed E-state index contributed by atoms with van der Waals surface area (Å²) in [7, 11) is 0. The zero-order valence-corrected chi connectivity index (χ0v) is 18.9. The molecule has 1 aliphatic heterocycles. The summed E-state index contributed by atoms with van der Waals surface area (Å²) < 4.78 is 5.99. The van der Waals surface area contributed by atoms with Crippen molar-refractivity contribution in [2.24, 2.45) is 23.7 Å². The number of allylic oxidation sites excluding steroid dienone is 2. The molecule has 6 nitrogen and oxygen atoms in total. The van der Waals surface area contributed by atoms with Crippen LogP contribution in [0.3, 0.4) is 0 Å². The number of anilines is 1. The molecule has 0 radical (unpaired) electrons. The lowest BCUT2D eigenvalue weighted by molar-refractivity contribution is -0.123. The van der Waals surface area contributed by atoms with Crippen LogP contribution in [0.25, 0.3) is 0 Å². The zero-order valence-electron chi connectivity index (χ0n) is 17.3. The summed E-state index contributed by atoms with van der Waals surface area (Å²) in [6.45, 7) is 1.66. The van der Waals surface area contributed by atoms with Crippen molar-refractivity contribution >= 4 is 45.2 Å². The second kappa shape index (κ2) is 7.81. The Bertz CT molecular complexity index is 1170. The van der Waals surface area contributed by atoms with Gasteiger partial charge in [0.25, 0.3) is 0 Å². The summed E-state index contributed by atoms with van der Waals surface area (Å²) >= 11 is 3.31. The number of halogens is 1. The summed E-state index contributed by atoms with van der Waals surface area (Å²) in [4.78, 5) is 51.8. The zero-order chi connectivity index (χ0) is 22.6. The number of ketones is 1. The third-order valence-corrected chi connectivity index (χ3v) is 7.27. The standard InChI is InChI=1S/C25H20BrNO5/c1-13-10-16-11-19(13)22-21(16)23(29)27(24(22)30)18-8-4-15(5-9-18)25(31)32-12-20(28)14-2-6-17(26)7-3-14/h2-10,16,19,21-22H,11-12H2,1H3/t16-,19+,21+,22-/m0/s1. The van der Waals surface area contributed by atoms with Gasteiger partial charge in [-0.2, -0.15) is 0 Å². The molecule has 1 saturated carbocycles. The first-order valence-corrected chi connectivity index (χ1v) is 11.3. The molecule has 2 aliphatic carbocycles. The Labute approximate surface area is 193 Å². The van der Waals surface area contributed by atoms with Gasteiger partial charge in [0.15, 0.2) is 12.4 Å². The predicted octanol–water partition coefficient (Wildman–Crippen LogP) is 4.19. The van der Waals surface area contributed by atoms with Crippen molar-refractivity contribution in [3.8, 4) is 0 Å². The second-order valence-corrected chi connectivity index (χ2v) is 9.45. The van der Waals surface area contributed by atoms with Crippen molar-refractivity contribution in [1.82, 2.24) is 0 Å². The fourth-order valence-corrected chi connectivity index (χ4v) is 5.47. The molecule has 2 fully saturated rings. The van der Waals surface area contributed by atoms with Crippen LogP contribution in [0.4, 0.5) is 5.69 Å². The smallest absolute Gasteiger partial charge is 0.338 e. The lowest BCUT2D eigenvalue weighted by atomic mass is 9.82. The SMILES string of the molecule is CC1=C[C@H]2C[C@H]1[C@@H]1C(=O)N(c3ccc(C(=O)OCC(=O)c4ccc(Br)cc4)cc3)C(=O)[C@@H]12. The van der Waals surface area contributed by atoms with Gasteiger partial charge >= 0.3 is 5.97 Å². The number of amides is 2. The Morgan fingerprint density at radius 3 is 2.28 bits per heavy atom. The van der Waals surface area contributed by atoms with Gasteiger partial charge in [-0.05, 0) is 61.6 Å². The molecule has 3 aliphatic rings. The first-order chi connectivity index (χ1) is 15.3. The Kier molecular flexibility index (Phi) is 5.08. The highest BCUT2D eigenvalue weighted by Gasteiger charge is 2.60. The van der Waals surface area contributed by atoms with Crippen molar-refractivity contribution in [2.45, 2.75) is 13.3 Å². The van der Waals surface area contributed by atoms with Crippen molar-refractivity contribution in [1.29, 1.82) is 0 Å². The minimum absolute atomic E-state index is 0.143. The molecule has 162 valence electrons. The molecule has 4 atom stereocenters. The molecule has 1 heterocycles. The van der Waals surface area contributed by atoms with Gasteiger partial charge < -0.3 is 4.74 Å². The summed E-state index contributed by atoms with van der Waals surface area (Å²) in [5.41, 5.74) is 2.35. The van der Waals surface area contributed by atoms with Crippen molar-refractivity contribution in [3.05, 3.63) is 75.8 Å². The van der Waals surface area contributed by atoms with Gasteiger partial charge in [0.1, 0.15) is 0 Å². The van der Waals surface area contributed by atoms with Gasteiger partial charge in [-0.15, -0.1) is 0 Å². The maximum absolute atomic E-state index is 13.0. The number of Topliss-reactive ketones (excluding diaryl/α,β-unsaturated/α-hetero) is 1. The maximum Gasteiger partial charge on any atom is 0.338 e. The number of nitrogens with zero attached hydrogens (tertiary/aromatic N) is 1. The highest BCUT2D eigenvalue weighted by molar-refractivity contribution is 9.10. The van der Waals surface area contributed by atoms with E-state index in [9.17, 15) is 19.2 Å². The molecule has 0 unspecified atom stereocenters. The fraction of sp³-hybridized carbons (Fsp3) is 0.280. The average Bonchev–Trinajstić information content (AvgIpc) is 3.42. The van der Waals surface area contributed by atoms with Gasteiger partial charge in [-0.1, -0.05) is 39.7 Å². The maximum atomic E-state index is 13.0. The van der Waals surface area contributed by atoms with Crippen LogP contribution in [0, 0.1) is 23.7 Å². The number of esters is 1. The van der Waals surface area contributed by atoms with E-state index in [2.05, 4.69) is 22.0 Å². The Balaban J connectivity index is 1.25. The number of hydrogen-bond donors (Lipinski definition) is 0. The largest absolute Gasteiger partial charge is 0.454 e. The third kappa shape index (κ3) is 3.32. The highest BCUT2D eigenvalue weighted by Crippen LogP contribution is 2.55. The van der Waals surface area contributed by atoms with Crippen molar-refractivity contribution < 1.29 is 23.9 Å². The minimum atomic E-state index is -0.643. The number of rotatable bonds is 5. The second-order valence-electron chi connectivity index (χ2n) is 8.53. The minimum Gasteiger partial charge on any atom is -0.454 e. The lowest BCUT2D eigenvalue weighted by Crippen LogP contribution is -2.32. The molecule has 32 heavy (non-hydrogen) atoms. The monoisotopic (exact) mass is 493 g/mol. The van der Waals surface area contributed by atoms with E-state index in [4.69, 9.17) is 4.74 Å². The van der Waals surface area contributed by atoms with Crippen LogP contribution < -0.4 is 4.90 Å². The highest BCUT2D eigenvalue weighted by atomic mass is 79.9. The predicted molar refractivity (Wildman–Crippen MR) is 120 cm³/mol. The number of hydrogen-bond acceptors (Lipinski definition) is 5. The van der Waals surface area contributed by atoms with E-state index in [0.29, 0.717) is 11.3 Å². The molecule has 0 N–H and O–H groups in total. The van der Waals surface area contributed by atoms with Crippen molar-refractivity contribution in [3.63, 3.8) is 0 Å². The van der Waals surface area contributed by atoms with Crippen molar-refractivity contribution in [2.75, 3.05) is 11.5 Å². The lowest BCUT2D eigenvalue weighted by Gasteiger charge is -2.19. The van der Waals surface area contributed by atoms with Gasteiger partial charge in [0, 0.05) is 10.0 Å². The molecule has 2 aromatic rings. The normalized spacial score (nSPS) is 25.7. The average molecular weight is 494 g/mol. The molecular formula is C25H20BrNO5. The first-order valence-electron chi connectivity index (χ1n) is 10.5. The van der Waals surface area contributed by atoms with Crippen LogP contribution in [0.5, 0.6) is 0 Å². The van der Waals surface area contributed by atoms with Crippen LogP contribution in [0.15, 0.2) is 64.7 Å². The summed E-state index contributed by atoms with van der Waals surface area (Å²) in [5.74, 6) is -1.51. The summed E-state index contributed by atoms with van der Waals surface area (Å²) in [5, 5.41) is 0. The van der Waals surface area contributed by atoms with Crippen LogP contribution in [0.2, 0.25) is 0 Å². The molecule has 5 rings (SSSR count). The van der Waals surface area contributed by atoms with E-state index in [1.807, 2.05) is 6.92 Å². The third-order valence-electron chi connectivity index (χ3n) is 6.74. The van der Waals surface area contributed by atoms with Gasteiger partial charge in [-0.3, -0.25) is 19.3 Å². The van der Waals surface area contributed by atoms with Gasteiger partial charge in [-0.25, -0.2) is 4.79 Å². The molecule has 0 aromatic heterocycles. The Morgan fingerprint density at radius 2 is 1.59 bits per heavy atom. The number of benzene rings is 2. The molecule has 7 heteroatoms. The molecule has 2 bridgehead atoms. The van der Waals surface area contributed by atoms with Crippen LogP contribution in [-0.4, -0.2) is 30.2 Å². The van der Waals surface area contributed by atoms with Gasteiger partial charge in [0.2, 0.25) is 11.8 Å². The van der Waals surface area contributed by atoms with E-state index in [0.717, 1.165) is 10.9 Å². The molecule has 2 aromatic carbocycles. The van der Waals surface area contributed by atoms with Crippen LogP contribution in [-0.2, 0) is 14.3 Å². The quantitative estimate of drug-likeness (QED) is 0.270. The fourth-order valence-electron chi connectivity index (χ4n) is 5.21. The molecular weight excluding hydrogens is 474 g/mol. The number of carbonyl (C=O) groups is 4. The number of imide groups is 1. The van der Waals surface area contributed by atoms with Crippen LogP contribution in [0.1, 0.15) is 34.1 Å². The van der Waals surface area contributed by atoms with E-state index in [1.165, 1.54) is 22.6 Å². The van der Waals surface area contributed by atoms with Gasteiger partial charge in [0.05, 0.1) is 23.1 Å². The summed E-state index contributed by atoms with van der Waals surface area (Å²) in [6.07, 6.45) is 3.02. The Morgan fingerprint density at radius 1 is 0.969 bits per heavy atom. The first kappa shape index (κ1) is 20.8. The van der Waals surface area contributed by atoms with E-state index < -0.39 is 5.97 Å². The summed E-state index contributed by atoms with van der Waals surface area (Å²) in [6, 6.07) is 13.0. The number of carbonyl (C=O) groups excluding carboxylic acids is 4. The molecule has 0 spiro atoms. The van der Waals surface area contributed by atoms with E-state index >= 15 is 0 Å². The van der Waals surface area contributed by atoms with Crippen LogP contribution >= 0.6 is 15.9 Å². The van der Waals surface area contributed by atoms with E-state index in [1.54, 1.807) is 36.4 Å². The molecule has 1 saturated heterocycles. The topological polar surface area (TPSA) is 80.8 Å². The number of ether oxygens (including phenoxy) is 1.